The Morgan fingerprint density at radius 3 is 2.50 bits per heavy atom. The van der Waals surface area contributed by atoms with Crippen molar-refractivity contribution in [2.75, 3.05) is 0 Å². The fraction of sp³-hybridized carbons (Fsp3) is 0.900. The summed E-state index contributed by atoms with van der Waals surface area (Å²) in [5, 5.41) is 0. The Morgan fingerprint density at radius 2 is 2.08 bits per heavy atom. The standard InChI is InChI=1S/C10H20N2/c1-7(2)12-10(11)9-5-4-8(3)6-9/h7-9H,4-6H2,1-3H3,(H2,11,12). The third-order valence-electron chi connectivity index (χ3n) is 2.52. The van der Waals surface area contributed by atoms with Crippen molar-refractivity contribution in [2.24, 2.45) is 22.6 Å². The number of hydrogen-bond donors (Lipinski definition) is 1. The maximum Gasteiger partial charge on any atom is 0.0971 e. The van der Waals surface area contributed by atoms with E-state index in [0.29, 0.717) is 12.0 Å². The molecule has 1 saturated carbocycles. The molecule has 0 aromatic heterocycles. The molecule has 2 atom stereocenters. The molecule has 2 nitrogen and oxygen atoms in total. The van der Waals surface area contributed by atoms with E-state index in [4.69, 9.17) is 5.73 Å². The molecule has 0 bridgehead atoms. The maximum absolute atomic E-state index is 5.89. The van der Waals surface area contributed by atoms with Gasteiger partial charge in [-0.15, -0.1) is 0 Å². The second-order valence-electron chi connectivity index (χ2n) is 4.26. The highest BCUT2D eigenvalue weighted by atomic mass is 14.9. The molecular weight excluding hydrogens is 148 g/mol. The van der Waals surface area contributed by atoms with Crippen LogP contribution in [-0.4, -0.2) is 11.9 Å². The van der Waals surface area contributed by atoms with Crippen molar-refractivity contribution >= 4 is 5.84 Å². The quantitative estimate of drug-likeness (QED) is 0.498. The summed E-state index contributed by atoms with van der Waals surface area (Å²) in [6.45, 7) is 6.44. The van der Waals surface area contributed by atoms with Crippen LogP contribution < -0.4 is 5.73 Å². The minimum absolute atomic E-state index is 0.348. The first-order valence-electron chi connectivity index (χ1n) is 4.92. The van der Waals surface area contributed by atoms with Crippen molar-refractivity contribution in [3.63, 3.8) is 0 Å². The van der Waals surface area contributed by atoms with Gasteiger partial charge in [-0.05, 0) is 39.0 Å². The summed E-state index contributed by atoms with van der Waals surface area (Å²) in [6.07, 6.45) is 3.80. The zero-order chi connectivity index (χ0) is 9.14. The van der Waals surface area contributed by atoms with Gasteiger partial charge in [0.25, 0.3) is 0 Å². The van der Waals surface area contributed by atoms with Crippen molar-refractivity contribution in [1.82, 2.24) is 0 Å². The second-order valence-corrected chi connectivity index (χ2v) is 4.26. The number of amidine groups is 1. The van der Waals surface area contributed by atoms with Crippen molar-refractivity contribution in [3.8, 4) is 0 Å². The molecule has 2 N–H and O–H groups in total. The largest absolute Gasteiger partial charge is 0.387 e. The molecule has 0 aromatic carbocycles. The van der Waals surface area contributed by atoms with E-state index in [1.165, 1.54) is 19.3 Å². The molecule has 0 saturated heterocycles. The van der Waals surface area contributed by atoms with Gasteiger partial charge in [0.1, 0.15) is 0 Å². The third-order valence-corrected chi connectivity index (χ3v) is 2.52. The Kier molecular flexibility index (Phi) is 3.12. The number of rotatable bonds is 2. The second kappa shape index (κ2) is 3.92. The molecule has 1 aliphatic carbocycles. The fourth-order valence-corrected chi connectivity index (χ4v) is 1.88. The average Bonchev–Trinajstić information content (AvgIpc) is 2.34. The van der Waals surface area contributed by atoms with Gasteiger partial charge >= 0.3 is 0 Å². The molecule has 1 aliphatic rings. The Balaban J connectivity index is 2.48. The van der Waals surface area contributed by atoms with E-state index < -0.39 is 0 Å². The van der Waals surface area contributed by atoms with Crippen molar-refractivity contribution < 1.29 is 0 Å². The summed E-state index contributed by atoms with van der Waals surface area (Å²) in [7, 11) is 0. The average molecular weight is 168 g/mol. The van der Waals surface area contributed by atoms with Gasteiger partial charge in [0.2, 0.25) is 0 Å². The minimum atomic E-state index is 0.348. The van der Waals surface area contributed by atoms with Crippen LogP contribution >= 0.6 is 0 Å². The Morgan fingerprint density at radius 1 is 1.42 bits per heavy atom. The Bertz CT molecular complexity index is 173. The monoisotopic (exact) mass is 168 g/mol. The van der Waals surface area contributed by atoms with E-state index in [0.717, 1.165) is 11.8 Å². The van der Waals surface area contributed by atoms with E-state index in [1.54, 1.807) is 0 Å². The topological polar surface area (TPSA) is 38.4 Å². The van der Waals surface area contributed by atoms with Crippen molar-refractivity contribution in [2.45, 2.75) is 46.1 Å². The van der Waals surface area contributed by atoms with Crippen molar-refractivity contribution in [1.29, 1.82) is 0 Å². The van der Waals surface area contributed by atoms with E-state index in [9.17, 15) is 0 Å². The molecule has 1 rings (SSSR count). The molecule has 0 heterocycles. The number of aliphatic imine (C=N–C) groups is 1. The first-order chi connectivity index (χ1) is 5.59. The fourth-order valence-electron chi connectivity index (χ4n) is 1.88. The summed E-state index contributed by atoms with van der Waals surface area (Å²) in [5.74, 6) is 2.30. The molecular formula is C10H20N2. The van der Waals surface area contributed by atoms with Gasteiger partial charge in [-0.2, -0.15) is 0 Å². The van der Waals surface area contributed by atoms with Gasteiger partial charge in [0.15, 0.2) is 0 Å². The summed E-state index contributed by atoms with van der Waals surface area (Å²) in [6, 6.07) is 0.348. The lowest BCUT2D eigenvalue weighted by molar-refractivity contribution is 0.593. The number of hydrogen-bond acceptors (Lipinski definition) is 1. The number of nitrogens with two attached hydrogens (primary N) is 1. The molecule has 70 valence electrons. The summed E-state index contributed by atoms with van der Waals surface area (Å²) >= 11 is 0. The smallest absolute Gasteiger partial charge is 0.0971 e. The zero-order valence-corrected chi connectivity index (χ0v) is 8.38. The summed E-state index contributed by atoms with van der Waals surface area (Å²) in [4.78, 5) is 4.39. The SMILES string of the molecule is CC1CCC(C(N)=NC(C)C)C1. The van der Waals surface area contributed by atoms with Crippen LogP contribution in [0, 0.1) is 11.8 Å². The highest BCUT2D eigenvalue weighted by Gasteiger charge is 2.23. The minimum Gasteiger partial charge on any atom is -0.387 e. The van der Waals surface area contributed by atoms with Crippen LogP contribution in [0.3, 0.4) is 0 Å². The van der Waals surface area contributed by atoms with Gasteiger partial charge in [-0.1, -0.05) is 6.92 Å². The van der Waals surface area contributed by atoms with Gasteiger partial charge < -0.3 is 5.73 Å². The van der Waals surface area contributed by atoms with E-state index >= 15 is 0 Å². The summed E-state index contributed by atoms with van der Waals surface area (Å²) < 4.78 is 0. The molecule has 1 fully saturated rings. The first-order valence-corrected chi connectivity index (χ1v) is 4.92. The van der Waals surface area contributed by atoms with Crippen LogP contribution in [0.4, 0.5) is 0 Å². The predicted molar refractivity (Wildman–Crippen MR) is 53.3 cm³/mol. The molecule has 12 heavy (non-hydrogen) atoms. The molecule has 0 radical (unpaired) electrons. The van der Waals surface area contributed by atoms with Gasteiger partial charge in [0, 0.05) is 12.0 Å². The van der Waals surface area contributed by atoms with Crippen LogP contribution in [0.2, 0.25) is 0 Å². The number of nitrogens with zero attached hydrogens (tertiary/aromatic N) is 1. The first kappa shape index (κ1) is 9.56. The van der Waals surface area contributed by atoms with Crippen LogP contribution in [0.1, 0.15) is 40.0 Å². The van der Waals surface area contributed by atoms with Crippen LogP contribution in [0.25, 0.3) is 0 Å². The van der Waals surface area contributed by atoms with E-state index in [2.05, 4.69) is 25.8 Å². The highest BCUT2D eigenvalue weighted by Crippen LogP contribution is 2.30. The van der Waals surface area contributed by atoms with Gasteiger partial charge in [-0.25, -0.2) is 0 Å². The lowest BCUT2D eigenvalue weighted by atomic mass is 10.1. The Labute approximate surface area is 75.3 Å². The zero-order valence-electron chi connectivity index (χ0n) is 8.38. The molecule has 0 aromatic rings. The van der Waals surface area contributed by atoms with Gasteiger partial charge in [-0.3, -0.25) is 4.99 Å². The molecule has 2 heteroatoms. The van der Waals surface area contributed by atoms with Crippen molar-refractivity contribution in [3.05, 3.63) is 0 Å². The normalized spacial score (nSPS) is 31.5. The maximum atomic E-state index is 5.89. The molecule has 0 spiro atoms. The molecule has 0 amide bonds. The van der Waals surface area contributed by atoms with E-state index in [-0.39, 0.29) is 0 Å². The predicted octanol–water partition coefficient (Wildman–Crippen LogP) is 2.19. The summed E-state index contributed by atoms with van der Waals surface area (Å²) in [5.41, 5.74) is 5.89. The van der Waals surface area contributed by atoms with Crippen LogP contribution in [-0.2, 0) is 0 Å². The Hall–Kier alpha value is -0.530. The highest BCUT2D eigenvalue weighted by molar-refractivity contribution is 5.83. The lowest BCUT2D eigenvalue weighted by Crippen LogP contribution is -2.23. The van der Waals surface area contributed by atoms with Crippen LogP contribution in [0.5, 0.6) is 0 Å². The van der Waals surface area contributed by atoms with Crippen LogP contribution in [0.15, 0.2) is 4.99 Å². The van der Waals surface area contributed by atoms with E-state index in [1.807, 2.05) is 0 Å². The molecule has 0 aliphatic heterocycles. The third kappa shape index (κ3) is 2.50. The van der Waals surface area contributed by atoms with Gasteiger partial charge in [0.05, 0.1) is 5.84 Å². The molecule has 2 unspecified atom stereocenters. The lowest BCUT2D eigenvalue weighted by Gasteiger charge is -2.09.